The van der Waals surface area contributed by atoms with E-state index in [-0.39, 0.29) is 22.8 Å². The Bertz CT molecular complexity index is 757. The van der Waals surface area contributed by atoms with Crippen LogP contribution in [0.25, 0.3) is 0 Å². The number of halogens is 1. The first-order chi connectivity index (χ1) is 9.97. The van der Waals surface area contributed by atoms with Gasteiger partial charge < -0.3 is 10.4 Å². The maximum absolute atomic E-state index is 11.9. The van der Waals surface area contributed by atoms with Crippen molar-refractivity contribution in [3.8, 4) is 0 Å². The molecule has 1 amide bonds. The van der Waals surface area contributed by atoms with Crippen LogP contribution in [0.1, 0.15) is 10.4 Å². The molecule has 0 bridgehead atoms. The highest BCUT2D eigenvalue weighted by atomic mass is 35.5. The molecule has 8 heteroatoms. The summed E-state index contributed by atoms with van der Waals surface area (Å²) in [5, 5.41) is 11.7. The number of nitrogens with one attached hydrogen (secondary N) is 1. The fourth-order valence-corrected chi connectivity index (χ4v) is 1.83. The second-order valence-corrected chi connectivity index (χ2v) is 4.51. The number of hydrogen-bond donors (Lipinski definition) is 2. The van der Waals surface area contributed by atoms with Crippen molar-refractivity contribution in [2.45, 2.75) is 6.54 Å². The third-order valence-electron chi connectivity index (χ3n) is 2.58. The van der Waals surface area contributed by atoms with E-state index in [9.17, 15) is 14.4 Å². The molecule has 0 aliphatic carbocycles. The smallest absolute Gasteiger partial charge is 0.347 e. The topological polar surface area (TPSA) is 101 Å². The molecule has 2 rings (SSSR count). The number of carbonyl (C=O) groups excluding carboxylic acids is 1. The highest BCUT2D eigenvalue weighted by Gasteiger charge is 2.13. The molecule has 1 aromatic carbocycles. The number of aromatic nitrogens is 2. The molecule has 0 saturated heterocycles. The van der Waals surface area contributed by atoms with Gasteiger partial charge in [-0.25, -0.2) is 14.6 Å². The summed E-state index contributed by atoms with van der Waals surface area (Å²) in [5.41, 5.74) is -0.597. The van der Waals surface area contributed by atoms with Crippen LogP contribution in [0.3, 0.4) is 0 Å². The van der Waals surface area contributed by atoms with E-state index in [0.717, 1.165) is 4.57 Å². The number of amides is 1. The van der Waals surface area contributed by atoms with Crippen LogP contribution in [0.5, 0.6) is 0 Å². The SMILES string of the molecule is O=C(Cn1cccnc1=O)Nc1cc(Cl)ccc1C(=O)O. The lowest BCUT2D eigenvalue weighted by Crippen LogP contribution is -2.28. The lowest BCUT2D eigenvalue weighted by atomic mass is 10.2. The van der Waals surface area contributed by atoms with Gasteiger partial charge in [0.2, 0.25) is 5.91 Å². The van der Waals surface area contributed by atoms with Crippen LogP contribution in [0, 0.1) is 0 Å². The molecule has 0 saturated carbocycles. The van der Waals surface area contributed by atoms with Crippen molar-refractivity contribution in [3.05, 3.63) is 57.7 Å². The standard InChI is InChI=1S/C13H10ClN3O4/c14-8-2-3-9(12(19)20)10(6-8)16-11(18)7-17-5-1-4-15-13(17)21/h1-6H,7H2,(H,16,18)(H,19,20). The minimum Gasteiger partial charge on any atom is -0.478 e. The third kappa shape index (κ3) is 3.67. The molecular weight excluding hydrogens is 298 g/mol. The van der Waals surface area contributed by atoms with E-state index in [1.54, 1.807) is 0 Å². The molecule has 0 fully saturated rings. The van der Waals surface area contributed by atoms with Gasteiger partial charge in [-0.1, -0.05) is 11.6 Å². The van der Waals surface area contributed by atoms with Crippen LogP contribution in [-0.2, 0) is 11.3 Å². The minimum absolute atomic E-state index is 0.0666. The Hall–Kier alpha value is -2.67. The summed E-state index contributed by atoms with van der Waals surface area (Å²) in [6, 6.07) is 5.54. The Morgan fingerprint density at radius 2 is 2.14 bits per heavy atom. The molecule has 0 aliphatic heterocycles. The molecule has 0 unspecified atom stereocenters. The lowest BCUT2D eigenvalue weighted by Gasteiger charge is -2.09. The van der Waals surface area contributed by atoms with Crippen LogP contribution in [0.15, 0.2) is 41.5 Å². The predicted octanol–water partition coefficient (Wildman–Crippen LogP) is 1.23. The van der Waals surface area contributed by atoms with Crippen LogP contribution in [0.4, 0.5) is 5.69 Å². The zero-order valence-electron chi connectivity index (χ0n) is 10.6. The van der Waals surface area contributed by atoms with Gasteiger partial charge in [-0.2, -0.15) is 0 Å². The summed E-state index contributed by atoms with van der Waals surface area (Å²) in [6.45, 7) is -0.280. The lowest BCUT2D eigenvalue weighted by molar-refractivity contribution is -0.116. The summed E-state index contributed by atoms with van der Waals surface area (Å²) in [5.74, 6) is -1.75. The fraction of sp³-hybridized carbons (Fsp3) is 0.0769. The van der Waals surface area contributed by atoms with Gasteiger partial charge in [-0.15, -0.1) is 0 Å². The average molecular weight is 308 g/mol. The minimum atomic E-state index is -1.19. The number of benzene rings is 1. The molecule has 0 aliphatic rings. The van der Waals surface area contributed by atoms with E-state index >= 15 is 0 Å². The van der Waals surface area contributed by atoms with E-state index < -0.39 is 17.6 Å². The van der Waals surface area contributed by atoms with Gasteiger partial charge in [-0.05, 0) is 24.3 Å². The highest BCUT2D eigenvalue weighted by Crippen LogP contribution is 2.21. The van der Waals surface area contributed by atoms with E-state index in [1.807, 2.05) is 0 Å². The Morgan fingerprint density at radius 3 is 2.81 bits per heavy atom. The Kier molecular flexibility index (Phi) is 4.34. The van der Waals surface area contributed by atoms with Crippen LogP contribution in [-0.4, -0.2) is 26.5 Å². The molecule has 2 aromatic rings. The summed E-state index contributed by atoms with van der Waals surface area (Å²) in [6.07, 6.45) is 2.72. The van der Waals surface area contributed by atoms with Crippen molar-refractivity contribution < 1.29 is 14.7 Å². The summed E-state index contributed by atoms with van der Waals surface area (Å²) >= 11 is 5.78. The number of carboxylic acids is 1. The Labute approximate surface area is 123 Å². The van der Waals surface area contributed by atoms with E-state index in [2.05, 4.69) is 10.3 Å². The molecule has 0 atom stereocenters. The van der Waals surface area contributed by atoms with Gasteiger partial charge in [-0.3, -0.25) is 9.36 Å². The molecule has 7 nitrogen and oxygen atoms in total. The number of rotatable bonds is 4. The zero-order valence-corrected chi connectivity index (χ0v) is 11.4. The largest absolute Gasteiger partial charge is 0.478 e. The predicted molar refractivity (Wildman–Crippen MR) is 75.5 cm³/mol. The van der Waals surface area contributed by atoms with Crippen molar-refractivity contribution in [1.29, 1.82) is 0 Å². The van der Waals surface area contributed by atoms with Crippen LogP contribution in [0.2, 0.25) is 5.02 Å². The van der Waals surface area contributed by atoms with Crippen LogP contribution >= 0.6 is 11.6 Å². The van der Waals surface area contributed by atoms with E-state index in [4.69, 9.17) is 16.7 Å². The van der Waals surface area contributed by atoms with Gasteiger partial charge in [0.25, 0.3) is 0 Å². The molecule has 2 N–H and O–H groups in total. The number of hydrogen-bond acceptors (Lipinski definition) is 4. The van der Waals surface area contributed by atoms with Gasteiger partial charge in [0, 0.05) is 17.4 Å². The fourth-order valence-electron chi connectivity index (χ4n) is 1.66. The first-order valence-corrected chi connectivity index (χ1v) is 6.19. The Balaban J connectivity index is 2.20. The average Bonchev–Trinajstić information content (AvgIpc) is 2.41. The maximum Gasteiger partial charge on any atom is 0.347 e. The molecule has 0 radical (unpaired) electrons. The van der Waals surface area contributed by atoms with E-state index in [0.29, 0.717) is 0 Å². The molecule has 1 heterocycles. The number of carboxylic acid groups (broad SMARTS) is 1. The van der Waals surface area contributed by atoms with E-state index in [1.165, 1.54) is 36.7 Å². The second kappa shape index (κ2) is 6.19. The van der Waals surface area contributed by atoms with Crippen LogP contribution < -0.4 is 11.0 Å². The molecule has 0 spiro atoms. The van der Waals surface area contributed by atoms with Gasteiger partial charge in [0.05, 0.1) is 11.3 Å². The second-order valence-electron chi connectivity index (χ2n) is 4.07. The van der Waals surface area contributed by atoms with Gasteiger partial charge in [0.1, 0.15) is 6.54 Å². The maximum atomic E-state index is 11.9. The molecule has 1 aromatic heterocycles. The molecule has 21 heavy (non-hydrogen) atoms. The van der Waals surface area contributed by atoms with Crippen molar-refractivity contribution in [2.75, 3.05) is 5.32 Å². The summed E-state index contributed by atoms with van der Waals surface area (Å²) in [7, 11) is 0. The number of aromatic carboxylic acids is 1. The van der Waals surface area contributed by atoms with Crippen molar-refractivity contribution in [1.82, 2.24) is 9.55 Å². The van der Waals surface area contributed by atoms with Crippen molar-refractivity contribution in [2.24, 2.45) is 0 Å². The summed E-state index contributed by atoms with van der Waals surface area (Å²) < 4.78 is 1.10. The Morgan fingerprint density at radius 1 is 1.38 bits per heavy atom. The van der Waals surface area contributed by atoms with Crippen molar-refractivity contribution >= 4 is 29.2 Å². The zero-order chi connectivity index (χ0) is 15.4. The molecule has 108 valence electrons. The van der Waals surface area contributed by atoms with Gasteiger partial charge in [0.15, 0.2) is 0 Å². The number of anilines is 1. The molecular formula is C13H10ClN3O4. The number of carbonyl (C=O) groups is 2. The first-order valence-electron chi connectivity index (χ1n) is 5.81. The quantitative estimate of drug-likeness (QED) is 0.884. The normalized spacial score (nSPS) is 10.1. The number of nitrogens with zero attached hydrogens (tertiary/aromatic N) is 2. The highest BCUT2D eigenvalue weighted by molar-refractivity contribution is 6.31. The van der Waals surface area contributed by atoms with Crippen molar-refractivity contribution in [3.63, 3.8) is 0 Å². The first kappa shape index (κ1) is 14.7. The summed E-state index contributed by atoms with van der Waals surface area (Å²) in [4.78, 5) is 37.9. The monoisotopic (exact) mass is 307 g/mol. The van der Waals surface area contributed by atoms with Gasteiger partial charge >= 0.3 is 11.7 Å². The third-order valence-corrected chi connectivity index (χ3v) is 2.82.